The molecular weight excluding hydrogens is 358 g/mol. The van der Waals surface area contributed by atoms with Crippen LogP contribution in [0.1, 0.15) is 36.8 Å². The van der Waals surface area contributed by atoms with E-state index in [2.05, 4.69) is 0 Å². The Labute approximate surface area is 156 Å². The minimum absolute atomic E-state index is 0.0270. The standard InChI is InChI=1S/C21H21ClF2O2/c22-15-4-1-13(2-5-15)11-21-10-9-16(25)6-3-14(21)12-26-20-18(24)8-7-17(23)19(20)21/h1-2,4-5,7-8,14,16,25H,3,6,9-12H2/t14-,16+,21+/m0/s1. The third-order valence-electron chi connectivity index (χ3n) is 5.97. The van der Waals surface area contributed by atoms with Gasteiger partial charge in [0.15, 0.2) is 11.6 Å². The fraction of sp³-hybridized carbons (Fsp3) is 0.429. The third-order valence-corrected chi connectivity index (χ3v) is 6.22. The maximum absolute atomic E-state index is 14.9. The number of hydrogen-bond acceptors (Lipinski definition) is 2. The first-order valence-corrected chi connectivity index (χ1v) is 9.41. The summed E-state index contributed by atoms with van der Waals surface area (Å²) in [6.07, 6.45) is 2.70. The molecule has 0 saturated heterocycles. The molecule has 0 spiro atoms. The second-order valence-electron chi connectivity index (χ2n) is 7.47. The number of fused-ring (bicyclic) bond motifs is 3. The van der Waals surface area contributed by atoms with Gasteiger partial charge in [-0.05, 0) is 61.9 Å². The molecule has 0 unspecified atom stereocenters. The molecule has 0 amide bonds. The molecule has 2 aliphatic rings. The predicted molar refractivity (Wildman–Crippen MR) is 96.7 cm³/mol. The number of ether oxygens (including phenoxy) is 1. The quantitative estimate of drug-likeness (QED) is 0.793. The van der Waals surface area contributed by atoms with Crippen LogP contribution < -0.4 is 4.74 Å². The lowest BCUT2D eigenvalue weighted by molar-refractivity contribution is 0.109. The van der Waals surface area contributed by atoms with Crippen molar-refractivity contribution in [2.75, 3.05) is 6.61 Å². The Balaban J connectivity index is 1.87. The Kier molecular flexibility index (Phi) is 4.66. The molecule has 0 aromatic heterocycles. The van der Waals surface area contributed by atoms with Crippen LogP contribution in [0.3, 0.4) is 0 Å². The fourth-order valence-corrected chi connectivity index (χ4v) is 4.75. The van der Waals surface area contributed by atoms with E-state index in [0.29, 0.717) is 42.9 Å². The Morgan fingerprint density at radius 1 is 1.04 bits per heavy atom. The molecule has 5 heteroatoms. The second-order valence-corrected chi connectivity index (χ2v) is 7.91. The van der Waals surface area contributed by atoms with Crippen LogP contribution in [0.5, 0.6) is 5.75 Å². The van der Waals surface area contributed by atoms with Crippen molar-refractivity contribution in [3.05, 3.63) is 64.2 Å². The average molecular weight is 379 g/mol. The molecular formula is C21H21ClF2O2. The van der Waals surface area contributed by atoms with E-state index < -0.39 is 23.2 Å². The topological polar surface area (TPSA) is 29.5 Å². The van der Waals surface area contributed by atoms with E-state index in [0.717, 1.165) is 18.1 Å². The van der Waals surface area contributed by atoms with E-state index in [1.807, 2.05) is 24.3 Å². The number of aliphatic hydroxyl groups excluding tert-OH is 1. The van der Waals surface area contributed by atoms with Crippen LogP contribution in [0.15, 0.2) is 36.4 Å². The molecule has 1 N–H and O–H groups in total. The molecule has 2 aromatic rings. The molecule has 1 aliphatic heterocycles. The summed E-state index contributed by atoms with van der Waals surface area (Å²) in [5.41, 5.74) is 0.760. The third kappa shape index (κ3) is 2.99. The van der Waals surface area contributed by atoms with Crippen LogP contribution in [0.4, 0.5) is 8.78 Å². The smallest absolute Gasteiger partial charge is 0.165 e. The van der Waals surface area contributed by atoms with Gasteiger partial charge in [-0.1, -0.05) is 23.7 Å². The van der Waals surface area contributed by atoms with Crippen molar-refractivity contribution in [1.82, 2.24) is 0 Å². The molecule has 3 atom stereocenters. The Morgan fingerprint density at radius 2 is 1.77 bits per heavy atom. The first-order chi connectivity index (χ1) is 12.5. The Morgan fingerprint density at radius 3 is 2.54 bits per heavy atom. The van der Waals surface area contributed by atoms with Gasteiger partial charge in [-0.3, -0.25) is 0 Å². The van der Waals surface area contributed by atoms with E-state index in [4.69, 9.17) is 16.3 Å². The van der Waals surface area contributed by atoms with Gasteiger partial charge in [0.2, 0.25) is 0 Å². The summed E-state index contributed by atoms with van der Waals surface area (Å²) in [5, 5.41) is 10.8. The van der Waals surface area contributed by atoms with Crippen LogP contribution in [-0.2, 0) is 11.8 Å². The Hall–Kier alpha value is -1.65. The van der Waals surface area contributed by atoms with Crippen LogP contribution in [0, 0.1) is 17.6 Å². The highest BCUT2D eigenvalue weighted by molar-refractivity contribution is 6.30. The predicted octanol–water partition coefficient (Wildman–Crippen LogP) is 5.04. The molecule has 2 nitrogen and oxygen atoms in total. The van der Waals surface area contributed by atoms with Crippen molar-refractivity contribution in [1.29, 1.82) is 0 Å². The number of hydrogen-bond donors (Lipinski definition) is 1. The van der Waals surface area contributed by atoms with E-state index in [9.17, 15) is 13.9 Å². The maximum atomic E-state index is 14.9. The van der Waals surface area contributed by atoms with Crippen LogP contribution in [0.25, 0.3) is 0 Å². The van der Waals surface area contributed by atoms with Gasteiger partial charge in [0.25, 0.3) is 0 Å². The summed E-state index contributed by atoms with van der Waals surface area (Å²) in [6.45, 7) is 0.341. The van der Waals surface area contributed by atoms with Gasteiger partial charge < -0.3 is 9.84 Å². The molecule has 0 bridgehead atoms. The lowest BCUT2D eigenvalue weighted by Gasteiger charge is -2.45. The molecule has 1 heterocycles. The van der Waals surface area contributed by atoms with Crippen molar-refractivity contribution in [2.45, 2.75) is 43.6 Å². The minimum atomic E-state index is -0.592. The molecule has 2 aromatic carbocycles. The van der Waals surface area contributed by atoms with E-state index in [1.54, 1.807) is 0 Å². The highest BCUT2D eigenvalue weighted by Gasteiger charge is 2.49. The first kappa shape index (κ1) is 17.7. The number of halogens is 3. The second kappa shape index (κ2) is 6.82. The summed E-state index contributed by atoms with van der Waals surface area (Å²) in [4.78, 5) is 0. The maximum Gasteiger partial charge on any atom is 0.165 e. The van der Waals surface area contributed by atoms with Gasteiger partial charge in [-0.2, -0.15) is 0 Å². The number of aliphatic hydroxyl groups is 1. The van der Waals surface area contributed by atoms with E-state index in [-0.39, 0.29) is 11.7 Å². The fourth-order valence-electron chi connectivity index (χ4n) is 4.62. The van der Waals surface area contributed by atoms with Crippen LogP contribution in [0.2, 0.25) is 5.02 Å². The zero-order valence-corrected chi connectivity index (χ0v) is 15.1. The lowest BCUT2D eigenvalue weighted by Crippen LogP contribution is -2.44. The van der Waals surface area contributed by atoms with Gasteiger partial charge in [0.1, 0.15) is 5.82 Å². The van der Waals surface area contributed by atoms with Crippen molar-refractivity contribution < 1.29 is 18.6 Å². The van der Waals surface area contributed by atoms with E-state index >= 15 is 0 Å². The molecule has 138 valence electrons. The van der Waals surface area contributed by atoms with E-state index in [1.165, 1.54) is 6.07 Å². The SMILES string of the molecule is O[C@@H]1CC[C@H]2COc3c(F)ccc(F)c3[C@@]2(Cc2ccc(Cl)cc2)CC1. The minimum Gasteiger partial charge on any atom is -0.490 e. The summed E-state index contributed by atoms with van der Waals surface area (Å²) in [6, 6.07) is 9.80. The first-order valence-electron chi connectivity index (χ1n) is 9.03. The van der Waals surface area contributed by atoms with Gasteiger partial charge >= 0.3 is 0 Å². The summed E-state index contributed by atoms with van der Waals surface area (Å²) in [5.74, 6) is -0.901. The molecule has 1 saturated carbocycles. The van der Waals surface area contributed by atoms with Crippen molar-refractivity contribution in [3.8, 4) is 5.75 Å². The number of benzene rings is 2. The van der Waals surface area contributed by atoms with Crippen LogP contribution in [-0.4, -0.2) is 17.8 Å². The normalized spacial score (nSPS) is 27.8. The van der Waals surface area contributed by atoms with Gasteiger partial charge in [-0.25, -0.2) is 8.78 Å². The van der Waals surface area contributed by atoms with Gasteiger partial charge in [0.05, 0.1) is 12.7 Å². The molecule has 26 heavy (non-hydrogen) atoms. The van der Waals surface area contributed by atoms with Gasteiger partial charge in [0, 0.05) is 21.9 Å². The summed E-state index contributed by atoms with van der Waals surface area (Å²) >= 11 is 6.00. The van der Waals surface area contributed by atoms with Gasteiger partial charge in [-0.15, -0.1) is 0 Å². The van der Waals surface area contributed by atoms with Crippen molar-refractivity contribution in [2.24, 2.45) is 5.92 Å². The zero-order valence-electron chi connectivity index (χ0n) is 14.4. The summed E-state index contributed by atoms with van der Waals surface area (Å²) < 4.78 is 35.0. The molecule has 1 fully saturated rings. The summed E-state index contributed by atoms with van der Waals surface area (Å²) in [7, 11) is 0. The monoisotopic (exact) mass is 378 g/mol. The van der Waals surface area contributed by atoms with Crippen molar-refractivity contribution >= 4 is 11.6 Å². The Bertz CT molecular complexity index is 808. The van der Waals surface area contributed by atoms with Crippen molar-refractivity contribution in [3.63, 3.8) is 0 Å². The zero-order chi connectivity index (χ0) is 18.3. The van der Waals surface area contributed by atoms with Crippen LogP contribution >= 0.6 is 11.6 Å². The largest absolute Gasteiger partial charge is 0.490 e. The highest BCUT2D eigenvalue weighted by Crippen LogP contribution is 2.52. The lowest BCUT2D eigenvalue weighted by atomic mass is 9.63. The molecule has 4 rings (SSSR count). The highest BCUT2D eigenvalue weighted by atomic mass is 35.5. The number of rotatable bonds is 2. The molecule has 0 radical (unpaired) electrons. The molecule has 1 aliphatic carbocycles. The average Bonchev–Trinajstić information content (AvgIpc) is 2.79.